The summed E-state index contributed by atoms with van der Waals surface area (Å²) in [6.45, 7) is 3.53. The van der Waals surface area contributed by atoms with E-state index in [1.165, 1.54) is 0 Å². The van der Waals surface area contributed by atoms with E-state index >= 15 is 0 Å². The first kappa shape index (κ1) is 9.02. The van der Waals surface area contributed by atoms with Crippen LogP contribution in [0, 0.1) is 6.92 Å². The molecule has 0 N–H and O–H groups in total. The Morgan fingerprint density at radius 1 is 1.60 bits per heavy atom. The third-order valence-electron chi connectivity index (χ3n) is 0.158. The monoisotopic (exact) mass is 91.1 g/mol. The van der Waals surface area contributed by atoms with E-state index in [1.807, 2.05) is 0 Å². The minimum Gasteiger partial charge on any atom is -0.179 e. The molecule has 1 radical (unpaired) electrons. The summed E-state index contributed by atoms with van der Waals surface area (Å²) in [4.78, 5) is 0. The molecule has 0 amide bonds. The zero-order chi connectivity index (χ0) is 3.41. The second-order valence-corrected chi connectivity index (χ2v) is 1.02. The lowest BCUT2D eigenvalue weighted by molar-refractivity contribution is 1.25. The van der Waals surface area contributed by atoms with Crippen LogP contribution in [-0.4, -0.2) is 5.75 Å². The maximum absolute atomic E-state index is 3.86. The van der Waals surface area contributed by atoms with Gasteiger partial charge in [0.25, 0.3) is 0 Å². The van der Waals surface area contributed by atoms with Crippen molar-refractivity contribution in [3.8, 4) is 0 Å². The lowest BCUT2D eigenvalue weighted by atomic mass is 10.6. The lowest BCUT2D eigenvalue weighted by Crippen LogP contribution is -1.56. The first-order valence-corrected chi connectivity index (χ1v) is 1.95. The number of hydrogen-bond donors (Lipinski definition) is 1. The normalized spacial score (nSPS) is 6.00. The van der Waals surface area contributed by atoms with Gasteiger partial charge in [0.2, 0.25) is 0 Å². The van der Waals surface area contributed by atoms with Crippen molar-refractivity contribution in [2.24, 2.45) is 0 Å². The van der Waals surface area contributed by atoms with Crippen LogP contribution in [0.3, 0.4) is 0 Å². The highest BCUT2D eigenvalue weighted by Crippen LogP contribution is 1.73. The average Bonchev–Trinajstić information content (AvgIpc) is 1.37. The van der Waals surface area contributed by atoms with Gasteiger partial charge in [0, 0.05) is 0 Å². The van der Waals surface area contributed by atoms with Gasteiger partial charge in [-0.3, -0.25) is 0 Å². The summed E-state index contributed by atoms with van der Waals surface area (Å²) in [5, 5.41) is 0. The highest BCUT2D eigenvalue weighted by molar-refractivity contribution is 7.80. The molecule has 0 nitrogen and oxygen atoms in total. The Hall–Kier alpha value is 0.350. The van der Waals surface area contributed by atoms with Crippen LogP contribution in [0.1, 0.15) is 13.8 Å². The zero-order valence-corrected chi connectivity index (χ0v) is 3.46. The van der Waals surface area contributed by atoms with Crippen LogP contribution in [0.25, 0.3) is 0 Å². The number of rotatable bonds is 1. The molecule has 0 aromatic heterocycles. The quantitative estimate of drug-likeness (QED) is 0.467. The molecule has 0 saturated carbocycles. The molecule has 0 atom stereocenters. The van der Waals surface area contributed by atoms with Crippen molar-refractivity contribution in [1.29, 1.82) is 0 Å². The van der Waals surface area contributed by atoms with E-state index in [4.69, 9.17) is 0 Å². The second kappa shape index (κ2) is 8.84. The molecule has 0 spiro atoms. The molecule has 0 fully saturated rings. The fraction of sp³-hybridized carbons (Fsp3) is 0.750. The second-order valence-electron chi connectivity index (χ2n) is 0.577. The van der Waals surface area contributed by atoms with Crippen molar-refractivity contribution in [2.45, 2.75) is 13.8 Å². The van der Waals surface area contributed by atoms with Crippen LogP contribution >= 0.6 is 12.6 Å². The molecule has 1 heteroatoms. The molecule has 33 valence electrons. The number of hydrogen-bond acceptors (Lipinski definition) is 1. The predicted octanol–water partition coefficient (Wildman–Crippen LogP) is 1.78. The van der Waals surface area contributed by atoms with Crippen molar-refractivity contribution in [2.75, 3.05) is 5.75 Å². The maximum atomic E-state index is 3.86. The number of thiol groups is 1. The largest absolute Gasteiger partial charge is 0.179 e. The van der Waals surface area contributed by atoms with Crippen molar-refractivity contribution in [3.63, 3.8) is 0 Å². The minimum atomic E-state index is 0. The van der Waals surface area contributed by atoms with Gasteiger partial charge >= 0.3 is 0 Å². The molecule has 0 aliphatic heterocycles. The molecular formula is C4H11S. The highest BCUT2D eigenvalue weighted by Gasteiger charge is 1.57. The molecule has 0 bridgehead atoms. The molecule has 5 heavy (non-hydrogen) atoms. The van der Waals surface area contributed by atoms with Crippen LogP contribution in [0.15, 0.2) is 0 Å². The topological polar surface area (TPSA) is 0 Å². The van der Waals surface area contributed by atoms with Gasteiger partial charge in [-0.25, -0.2) is 0 Å². The summed E-state index contributed by atoms with van der Waals surface area (Å²) in [5.74, 6) is 0.903. The van der Waals surface area contributed by atoms with Crippen molar-refractivity contribution in [1.82, 2.24) is 0 Å². The first-order chi connectivity index (χ1) is 1.91. The van der Waals surface area contributed by atoms with Gasteiger partial charge in [-0.05, 0) is 12.2 Å². The van der Waals surface area contributed by atoms with E-state index in [0.29, 0.717) is 0 Å². The Morgan fingerprint density at radius 2 is 1.80 bits per heavy atom. The summed E-state index contributed by atoms with van der Waals surface area (Å²) < 4.78 is 0. The van der Waals surface area contributed by atoms with Crippen molar-refractivity contribution >= 4 is 12.6 Å². The molecule has 0 rings (SSSR count). The minimum absolute atomic E-state index is 0. The Balaban J connectivity index is 0. The lowest BCUT2D eigenvalue weighted by Gasteiger charge is -1.67. The summed E-state index contributed by atoms with van der Waals surface area (Å²) in [6.07, 6.45) is 0.934. The summed E-state index contributed by atoms with van der Waals surface area (Å²) in [7, 11) is 0. The van der Waals surface area contributed by atoms with E-state index in [1.54, 1.807) is 0 Å². The Morgan fingerprint density at radius 3 is 1.80 bits per heavy atom. The third kappa shape index (κ3) is 13.2. The van der Waals surface area contributed by atoms with Gasteiger partial charge in [-0.15, -0.1) is 0 Å². The molecule has 0 saturated heterocycles. The molecule has 0 aromatic carbocycles. The van der Waals surface area contributed by atoms with Crippen LogP contribution in [-0.2, 0) is 0 Å². The Labute approximate surface area is 40.0 Å². The van der Waals surface area contributed by atoms with Gasteiger partial charge in [-0.2, -0.15) is 12.6 Å². The molecule has 0 aliphatic carbocycles. The van der Waals surface area contributed by atoms with Crippen LogP contribution in [0.4, 0.5) is 0 Å². The molecule has 0 heterocycles. The maximum Gasteiger partial charge on any atom is -0.00979 e. The molecule has 0 unspecified atom stereocenters. The van der Waals surface area contributed by atoms with E-state index in [2.05, 4.69) is 19.6 Å². The van der Waals surface area contributed by atoms with E-state index in [-0.39, 0.29) is 7.43 Å². The SMILES string of the molecule is C.[CH2]CCS. The van der Waals surface area contributed by atoms with Gasteiger partial charge in [-0.1, -0.05) is 14.4 Å². The fourth-order valence-corrected chi connectivity index (χ4v) is 0. The van der Waals surface area contributed by atoms with Crippen LogP contribution < -0.4 is 0 Å². The Bertz CT molecular complexity index is 5.61. The predicted molar refractivity (Wildman–Crippen MR) is 30.6 cm³/mol. The molecule has 0 aliphatic rings. The van der Waals surface area contributed by atoms with Crippen molar-refractivity contribution in [3.05, 3.63) is 6.92 Å². The smallest absolute Gasteiger partial charge is 0.00979 e. The summed E-state index contributed by atoms with van der Waals surface area (Å²) >= 11 is 3.86. The first-order valence-electron chi connectivity index (χ1n) is 1.32. The van der Waals surface area contributed by atoms with Gasteiger partial charge in [0.15, 0.2) is 0 Å². The third-order valence-corrected chi connectivity index (χ3v) is 0.474. The average molecular weight is 91.2 g/mol. The van der Waals surface area contributed by atoms with Crippen molar-refractivity contribution < 1.29 is 0 Å². The van der Waals surface area contributed by atoms with E-state index in [9.17, 15) is 0 Å². The van der Waals surface area contributed by atoms with Crippen LogP contribution in [0.5, 0.6) is 0 Å². The highest BCUT2D eigenvalue weighted by atomic mass is 32.1. The Kier molecular flexibility index (Phi) is 15.9. The van der Waals surface area contributed by atoms with Gasteiger partial charge in [0.1, 0.15) is 0 Å². The standard InChI is InChI=1S/C3H7S.CH4/c1-2-3-4;/h4H,1-3H2;1H4. The van der Waals surface area contributed by atoms with Gasteiger partial charge < -0.3 is 0 Å². The van der Waals surface area contributed by atoms with E-state index < -0.39 is 0 Å². The molecular weight excluding hydrogens is 80.1 g/mol. The van der Waals surface area contributed by atoms with Gasteiger partial charge in [0.05, 0.1) is 0 Å². The summed E-state index contributed by atoms with van der Waals surface area (Å²) in [5.41, 5.74) is 0. The zero-order valence-electron chi connectivity index (χ0n) is 2.57. The van der Waals surface area contributed by atoms with Crippen LogP contribution in [0.2, 0.25) is 0 Å². The summed E-state index contributed by atoms with van der Waals surface area (Å²) in [6, 6.07) is 0. The van der Waals surface area contributed by atoms with E-state index in [0.717, 1.165) is 12.2 Å². The molecule has 0 aromatic rings. The fourth-order valence-electron chi connectivity index (χ4n) is 0.